The fraction of sp³-hybridized carbons (Fsp3) is 1.00. The number of ether oxygens (including phenoxy) is 1. The molecule has 0 aliphatic carbocycles. The molecule has 0 aromatic rings. The van der Waals surface area contributed by atoms with Crippen LogP contribution in [0.4, 0.5) is 0 Å². The maximum absolute atomic E-state index is 9.17. The molecule has 5 heteroatoms. The number of rotatable bonds is 1. The van der Waals surface area contributed by atoms with Crippen molar-refractivity contribution in [2.24, 2.45) is 0 Å². The highest BCUT2D eigenvalue weighted by atomic mass is 35.5. The molecule has 11 heavy (non-hydrogen) atoms. The van der Waals surface area contributed by atoms with Gasteiger partial charge in [-0.3, -0.25) is 0 Å². The van der Waals surface area contributed by atoms with Gasteiger partial charge in [0, 0.05) is 0 Å². The largest absolute Gasteiger partial charge is 0.394 e. The van der Waals surface area contributed by atoms with Gasteiger partial charge in [-0.25, -0.2) is 0 Å². The monoisotopic (exact) mass is 182 g/mol. The summed E-state index contributed by atoms with van der Waals surface area (Å²) in [6, 6.07) is 0. The van der Waals surface area contributed by atoms with Crippen LogP contribution < -0.4 is 0 Å². The first-order valence-corrected chi connectivity index (χ1v) is 3.83. The molecule has 0 bridgehead atoms. The molecule has 1 aliphatic heterocycles. The number of hydrogen-bond acceptors (Lipinski definition) is 4. The molecule has 1 rings (SSSR count). The maximum Gasteiger partial charge on any atom is 0.105 e. The van der Waals surface area contributed by atoms with Crippen LogP contribution in [0.1, 0.15) is 0 Å². The Morgan fingerprint density at radius 2 is 2.09 bits per heavy atom. The summed E-state index contributed by atoms with van der Waals surface area (Å²) in [6.45, 7) is -0.215. The predicted molar refractivity (Wildman–Crippen MR) is 38.5 cm³/mol. The van der Waals surface area contributed by atoms with Gasteiger partial charge in [0.1, 0.15) is 12.2 Å². The standard InChI is InChI=1S/C6H11ClO4/c7-5-4(1-8)11-2-3(9)6(5)10/h3-6,8-10H,1-2H2/t3-,4?,5+,6?/m1/s1. The van der Waals surface area contributed by atoms with E-state index in [1.54, 1.807) is 0 Å². The molecule has 2 unspecified atom stereocenters. The summed E-state index contributed by atoms with van der Waals surface area (Å²) < 4.78 is 4.93. The highest BCUT2D eigenvalue weighted by Crippen LogP contribution is 2.19. The van der Waals surface area contributed by atoms with Crippen LogP contribution in [0.3, 0.4) is 0 Å². The molecule has 3 N–H and O–H groups in total. The summed E-state index contributed by atoms with van der Waals surface area (Å²) in [6.07, 6.45) is -2.53. The Morgan fingerprint density at radius 3 is 2.64 bits per heavy atom. The minimum absolute atomic E-state index is 0.0234. The van der Waals surface area contributed by atoms with Crippen molar-refractivity contribution in [1.29, 1.82) is 0 Å². The lowest BCUT2D eigenvalue weighted by molar-refractivity contribution is -0.127. The molecule has 4 nitrogen and oxygen atoms in total. The quantitative estimate of drug-likeness (QED) is 0.442. The highest BCUT2D eigenvalue weighted by molar-refractivity contribution is 6.21. The molecule has 1 saturated heterocycles. The summed E-state index contributed by atoms with van der Waals surface area (Å²) in [5, 5.41) is 26.1. The molecule has 1 aliphatic rings. The van der Waals surface area contributed by atoms with Gasteiger partial charge in [-0.15, -0.1) is 11.6 Å². The van der Waals surface area contributed by atoms with Crippen molar-refractivity contribution in [3.63, 3.8) is 0 Å². The van der Waals surface area contributed by atoms with E-state index in [1.165, 1.54) is 0 Å². The number of aliphatic hydroxyl groups is 3. The molecule has 0 spiro atoms. The van der Waals surface area contributed by atoms with Crippen molar-refractivity contribution < 1.29 is 20.1 Å². The first-order valence-electron chi connectivity index (χ1n) is 3.39. The maximum atomic E-state index is 9.17. The topological polar surface area (TPSA) is 69.9 Å². The first kappa shape index (κ1) is 9.22. The molecule has 4 atom stereocenters. The molecule has 1 heterocycles. The van der Waals surface area contributed by atoms with Crippen molar-refractivity contribution in [3.8, 4) is 0 Å². The molecule has 0 aromatic heterocycles. The van der Waals surface area contributed by atoms with Crippen molar-refractivity contribution >= 4 is 11.6 Å². The second-order valence-electron chi connectivity index (χ2n) is 2.56. The van der Waals surface area contributed by atoms with Crippen molar-refractivity contribution in [2.75, 3.05) is 13.2 Å². The summed E-state index contributed by atoms with van der Waals surface area (Å²) in [7, 11) is 0. The molecular formula is C6H11ClO4. The fourth-order valence-electron chi connectivity index (χ4n) is 0.998. The average Bonchev–Trinajstić information content (AvgIpc) is 2.01. The van der Waals surface area contributed by atoms with Crippen molar-refractivity contribution in [2.45, 2.75) is 23.7 Å². The van der Waals surface area contributed by atoms with E-state index in [9.17, 15) is 5.11 Å². The van der Waals surface area contributed by atoms with Crippen LogP contribution in [0.2, 0.25) is 0 Å². The smallest absolute Gasteiger partial charge is 0.105 e. The van der Waals surface area contributed by atoms with Gasteiger partial charge in [0.25, 0.3) is 0 Å². The molecule has 0 aromatic carbocycles. The second-order valence-corrected chi connectivity index (χ2v) is 3.06. The van der Waals surface area contributed by atoms with E-state index in [-0.39, 0.29) is 13.2 Å². The molecule has 0 saturated carbocycles. The van der Waals surface area contributed by atoms with Gasteiger partial charge in [0.15, 0.2) is 0 Å². The van der Waals surface area contributed by atoms with Gasteiger partial charge in [-0.2, -0.15) is 0 Å². The third-order valence-electron chi connectivity index (χ3n) is 1.74. The first-order chi connectivity index (χ1) is 5.16. The second kappa shape index (κ2) is 3.69. The zero-order valence-electron chi connectivity index (χ0n) is 5.85. The summed E-state index contributed by atoms with van der Waals surface area (Å²) in [4.78, 5) is 0. The van der Waals surface area contributed by atoms with Crippen LogP contribution in [0.25, 0.3) is 0 Å². The Hall–Kier alpha value is 0.130. The van der Waals surface area contributed by atoms with E-state index in [2.05, 4.69) is 0 Å². The number of alkyl halides is 1. The van der Waals surface area contributed by atoms with Crippen LogP contribution >= 0.6 is 11.6 Å². The van der Waals surface area contributed by atoms with Gasteiger partial charge in [0.2, 0.25) is 0 Å². The van der Waals surface area contributed by atoms with Crippen LogP contribution in [0.5, 0.6) is 0 Å². The Labute approximate surface area is 69.4 Å². The van der Waals surface area contributed by atoms with E-state index in [0.717, 1.165) is 0 Å². The molecular weight excluding hydrogens is 172 g/mol. The van der Waals surface area contributed by atoms with E-state index >= 15 is 0 Å². The van der Waals surface area contributed by atoms with Crippen LogP contribution in [-0.2, 0) is 4.74 Å². The lowest BCUT2D eigenvalue weighted by Gasteiger charge is -2.33. The Balaban J connectivity index is 2.52. The minimum atomic E-state index is -1.01. The van der Waals surface area contributed by atoms with Crippen LogP contribution in [-0.4, -0.2) is 52.2 Å². The number of hydrogen-bond donors (Lipinski definition) is 3. The zero-order valence-corrected chi connectivity index (χ0v) is 6.61. The molecule has 1 fully saturated rings. The Morgan fingerprint density at radius 1 is 1.45 bits per heavy atom. The van der Waals surface area contributed by atoms with E-state index < -0.39 is 23.7 Å². The SMILES string of the molecule is OCC1OC[C@@H](O)C(O)[C@H]1Cl. The lowest BCUT2D eigenvalue weighted by atomic mass is 10.0. The summed E-state index contributed by atoms with van der Waals surface area (Å²) in [5.41, 5.74) is 0. The van der Waals surface area contributed by atoms with Crippen LogP contribution in [0.15, 0.2) is 0 Å². The lowest BCUT2D eigenvalue weighted by Crippen LogP contribution is -2.51. The Kier molecular flexibility index (Phi) is 3.09. The summed E-state index contributed by atoms with van der Waals surface area (Å²) in [5.74, 6) is 0. The van der Waals surface area contributed by atoms with E-state index in [4.69, 9.17) is 26.6 Å². The van der Waals surface area contributed by atoms with Crippen molar-refractivity contribution in [3.05, 3.63) is 0 Å². The molecule has 0 amide bonds. The predicted octanol–water partition coefficient (Wildman–Crippen LogP) is -1.29. The molecule has 66 valence electrons. The average molecular weight is 183 g/mol. The van der Waals surface area contributed by atoms with Gasteiger partial charge in [-0.05, 0) is 0 Å². The normalized spacial score (nSPS) is 45.8. The number of aliphatic hydroxyl groups excluding tert-OH is 3. The third-order valence-corrected chi connectivity index (χ3v) is 2.28. The fourth-order valence-corrected chi connectivity index (χ4v) is 1.32. The zero-order chi connectivity index (χ0) is 8.43. The van der Waals surface area contributed by atoms with E-state index in [1.807, 2.05) is 0 Å². The Bertz CT molecular complexity index is 130. The minimum Gasteiger partial charge on any atom is -0.394 e. The van der Waals surface area contributed by atoms with Gasteiger partial charge >= 0.3 is 0 Å². The van der Waals surface area contributed by atoms with Gasteiger partial charge in [0.05, 0.1) is 24.7 Å². The van der Waals surface area contributed by atoms with Crippen molar-refractivity contribution in [1.82, 2.24) is 0 Å². The highest BCUT2D eigenvalue weighted by Gasteiger charge is 2.36. The van der Waals surface area contributed by atoms with E-state index in [0.29, 0.717) is 0 Å². The van der Waals surface area contributed by atoms with Gasteiger partial charge in [-0.1, -0.05) is 0 Å². The summed E-state index contributed by atoms with van der Waals surface area (Å²) >= 11 is 5.63. The molecule has 0 radical (unpaired) electrons. The third kappa shape index (κ3) is 1.83. The van der Waals surface area contributed by atoms with Gasteiger partial charge < -0.3 is 20.1 Å². The number of halogens is 1. The van der Waals surface area contributed by atoms with Crippen LogP contribution in [0, 0.1) is 0 Å².